The van der Waals surface area contributed by atoms with E-state index in [1.807, 2.05) is 0 Å². The topological polar surface area (TPSA) is 83.1 Å². The molecule has 0 saturated carbocycles. The molecule has 0 aromatic rings. The first-order valence-corrected chi connectivity index (χ1v) is 13.4. The highest BCUT2D eigenvalue weighted by Gasteiger charge is 1.95. The molecule has 0 N–H and O–H groups in total. The highest BCUT2D eigenvalue weighted by Crippen LogP contribution is 1.87. The lowest BCUT2D eigenvalue weighted by Gasteiger charge is -2.08. The second-order valence-electron chi connectivity index (χ2n) is 5.89. The number of halogens is 2. The van der Waals surface area contributed by atoms with Crippen LogP contribution in [0.5, 0.6) is 0 Å². The summed E-state index contributed by atoms with van der Waals surface area (Å²) in [5, 5.41) is 0.845. The minimum Gasteiger partial charge on any atom is -0.378 e. The Morgan fingerprint density at radius 3 is 0.710 bits per heavy atom. The average Bonchev–Trinajstić information content (AvgIpc) is 2.78. The summed E-state index contributed by atoms with van der Waals surface area (Å²) in [5.41, 5.74) is 0. The van der Waals surface area contributed by atoms with Gasteiger partial charge in [0.1, 0.15) is 0 Å². The van der Waals surface area contributed by atoms with Crippen LogP contribution in [0.15, 0.2) is 0 Å². The predicted molar refractivity (Wildman–Crippen MR) is 130 cm³/mol. The summed E-state index contributed by atoms with van der Waals surface area (Å²) in [5.74, 6) is 0. The maximum atomic E-state index is 5.43. The van der Waals surface area contributed by atoms with Crippen LogP contribution in [-0.4, -0.2) is 129 Å². The van der Waals surface area contributed by atoms with Gasteiger partial charge in [-0.25, -0.2) is 0 Å². The Balaban J connectivity index is 2.98. The molecule has 0 heterocycles. The minimum atomic E-state index is 0.538. The molecule has 0 amide bonds. The number of hydrogen-bond acceptors (Lipinski definition) is 9. The van der Waals surface area contributed by atoms with Gasteiger partial charge in [-0.15, -0.1) is 0 Å². The van der Waals surface area contributed by atoms with Crippen molar-refractivity contribution in [3.05, 3.63) is 0 Å². The van der Waals surface area contributed by atoms with E-state index in [1.54, 1.807) is 0 Å². The van der Waals surface area contributed by atoms with Gasteiger partial charge in [0, 0.05) is 9.76 Å². The first kappa shape index (κ1) is 31.9. The Morgan fingerprint density at radius 1 is 0.323 bits per heavy atom. The maximum Gasteiger partial charge on any atom is 0.0701 e. The van der Waals surface area contributed by atoms with E-state index in [0.29, 0.717) is 112 Å². The molecule has 0 radical (unpaired) electrons. The van der Waals surface area contributed by atoms with Crippen LogP contribution < -0.4 is 0 Å². The Morgan fingerprint density at radius 2 is 0.516 bits per heavy atom. The van der Waals surface area contributed by atoms with Crippen molar-refractivity contribution >= 4 is 38.5 Å². The van der Waals surface area contributed by atoms with E-state index < -0.39 is 0 Å². The van der Waals surface area contributed by atoms with Crippen molar-refractivity contribution in [1.29, 1.82) is 0 Å². The van der Waals surface area contributed by atoms with E-state index in [0.717, 1.165) is 16.4 Å². The Bertz CT molecular complexity index is 292. The van der Waals surface area contributed by atoms with Crippen LogP contribution in [0, 0.1) is 0 Å². The minimum absolute atomic E-state index is 0.538. The largest absolute Gasteiger partial charge is 0.378 e. The van der Waals surface area contributed by atoms with Crippen molar-refractivity contribution in [3.63, 3.8) is 0 Å². The smallest absolute Gasteiger partial charge is 0.0701 e. The van der Waals surface area contributed by atoms with Crippen molar-refractivity contribution in [2.45, 2.75) is 0 Å². The van der Waals surface area contributed by atoms with Gasteiger partial charge in [0.05, 0.1) is 119 Å². The lowest BCUT2D eigenvalue weighted by molar-refractivity contribution is -0.0245. The highest BCUT2D eigenvalue weighted by atomic mass is 127. The van der Waals surface area contributed by atoms with Gasteiger partial charge >= 0.3 is 0 Å². The zero-order valence-corrected chi connectivity index (χ0v) is 22.3. The van der Waals surface area contributed by atoms with Gasteiger partial charge in [0.25, 0.3) is 0 Å². The van der Waals surface area contributed by atoms with Gasteiger partial charge in [-0.1, -0.05) is 38.5 Å². The first-order chi connectivity index (χ1) is 15.4. The molecule has 0 rings (SSSR count). The van der Waals surface area contributed by atoms with Gasteiger partial charge in [-0.3, -0.25) is 0 Å². The lowest BCUT2D eigenvalue weighted by atomic mass is 10.6. The molecule has 9 nitrogen and oxygen atoms in total. The van der Waals surface area contributed by atoms with Crippen LogP contribution in [-0.2, 0) is 42.6 Å². The van der Waals surface area contributed by atoms with Gasteiger partial charge < -0.3 is 42.6 Å². The first-order valence-electron chi connectivity index (χ1n) is 10.7. The van der Waals surface area contributed by atoms with Crippen LogP contribution in [0.25, 0.3) is 0 Å². The molecule has 0 aliphatic carbocycles. The van der Waals surface area contributed by atoms with Crippen molar-refractivity contribution in [1.82, 2.24) is 0 Å². The number of alkyl halides is 2. The summed E-state index contributed by atoms with van der Waals surface area (Å²) >= 11 is 5.57. The third kappa shape index (κ3) is 30.9. The molecule has 188 valence electrons. The SMILES string of the molecule is BrCCOCCOCCOCCOCCOCCOCCOCCOCCOCCI. The summed E-state index contributed by atoms with van der Waals surface area (Å²) in [7, 11) is 0. The molecule has 31 heavy (non-hydrogen) atoms. The molecule has 0 saturated heterocycles. The van der Waals surface area contributed by atoms with Gasteiger partial charge in [0.2, 0.25) is 0 Å². The normalized spacial score (nSPS) is 11.4. The quantitative estimate of drug-likeness (QED) is 0.0732. The number of rotatable bonds is 28. The molecular weight excluding hydrogens is 591 g/mol. The zero-order chi connectivity index (χ0) is 22.5. The van der Waals surface area contributed by atoms with Crippen LogP contribution in [0.3, 0.4) is 0 Å². The van der Waals surface area contributed by atoms with Gasteiger partial charge in [-0.05, 0) is 0 Å². The molecular formula is C20H40BrIO9. The summed E-state index contributed by atoms with van der Waals surface area (Å²) in [4.78, 5) is 0. The van der Waals surface area contributed by atoms with Crippen LogP contribution in [0.2, 0.25) is 0 Å². The third-order valence-corrected chi connectivity index (χ3v) is 4.18. The molecule has 0 aromatic heterocycles. The zero-order valence-electron chi connectivity index (χ0n) is 18.6. The standard InChI is InChI=1S/C20H40BrIO9/c21-1-3-23-5-7-25-9-11-27-13-15-29-17-19-31-20-18-30-16-14-28-12-10-26-8-6-24-4-2-22/h1-20H2. The molecule has 0 bridgehead atoms. The van der Waals surface area contributed by atoms with Crippen molar-refractivity contribution < 1.29 is 42.6 Å². The Labute approximate surface area is 209 Å². The summed E-state index contributed by atoms with van der Waals surface area (Å²) in [6.07, 6.45) is 0. The van der Waals surface area contributed by atoms with E-state index in [4.69, 9.17) is 42.6 Å². The van der Waals surface area contributed by atoms with E-state index in [-0.39, 0.29) is 0 Å². The molecule has 0 atom stereocenters. The summed E-state index contributed by atoms with van der Waals surface area (Å²) in [6, 6.07) is 0. The Hall–Kier alpha value is 0.850. The molecule has 0 spiro atoms. The number of ether oxygens (including phenoxy) is 9. The molecule has 0 aromatic carbocycles. The average molecular weight is 631 g/mol. The predicted octanol–water partition coefficient (Wildman–Crippen LogP) is 1.97. The van der Waals surface area contributed by atoms with Crippen molar-refractivity contribution in [3.8, 4) is 0 Å². The third-order valence-electron chi connectivity index (χ3n) is 3.42. The molecule has 0 fully saturated rings. The van der Waals surface area contributed by atoms with Gasteiger partial charge in [0.15, 0.2) is 0 Å². The van der Waals surface area contributed by atoms with E-state index in [9.17, 15) is 0 Å². The monoisotopic (exact) mass is 630 g/mol. The number of hydrogen-bond donors (Lipinski definition) is 0. The second-order valence-corrected chi connectivity index (χ2v) is 7.76. The van der Waals surface area contributed by atoms with E-state index in [1.165, 1.54) is 0 Å². The summed E-state index contributed by atoms with van der Waals surface area (Å²) < 4.78 is 49.4. The van der Waals surface area contributed by atoms with Crippen molar-refractivity contribution in [2.75, 3.05) is 129 Å². The molecule has 0 unspecified atom stereocenters. The Kier molecular flexibility index (Phi) is 31.7. The fourth-order valence-corrected chi connectivity index (χ4v) is 2.51. The summed E-state index contributed by atoms with van der Waals surface area (Å²) in [6.45, 7) is 10.5. The van der Waals surface area contributed by atoms with E-state index in [2.05, 4.69) is 38.5 Å². The van der Waals surface area contributed by atoms with Crippen LogP contribution in [0.4, 0.5) is 0 Å². The molecule has 0 aliphatic heterocycles. The van der Waals surface area contributed by atoms with Crippen LogP contribution in [0.1, 0.15) is 0 Å². The fraction of sp³-hybridized carbons (Fsp3) is 1.00. The molecule has 0 aliphatic rings. The fourth-order valence-electron chi connectivity index (χ4n) is 1.97. The highest BCUT2D eigenvalue weighted by molar-refractivity contribution is 14.1. The maximum absolute atomic E-state index is 5.43. The molecule has 11 heteroatoms. The second kappa shape index (κ2) is 30.9. The van der Waals surface area contributed by atoms with Crippen molar-refractivity contribution in [2.24, 2.45) is 0 Å². The van der Waals surface area contributed by atoms with E-state index >= 15 is 0 Å². The van der Waals surface area contributed by atoms with Gasteiger partial charge in [-0.2, -0.15) is 0 Å². The van der Waals surface area contributed by atoms with Crippen LogP contribution >= 0.6 is 38.5 Å². The lowest BCUT2D eigenvalue weighted by Crippen LogP contribution is -2.15.